The highest BCUT2D eigenvalue weighted by Gasteiger charge is 2.08. The Kier molecular flexibility index (Phi) is 3.11. The number of hydrogen-bond donors (Lipinski definition) is 1. The highest BCUT2D eigenvalue weighted by atomic mass is 19.1. The van der Waals surface area contributed by atoms with Gasteiger partial charge in [0.25, 0.3) is 0 Å². The second kappa shape index (κ2) is 4.93. The number of nitrogens with one attached hydrogen (secondary N) is 1. The normalized spacial score (nSPS) is 10.8. The van der Waals surface area contributed by atoms with Crippen LogP contribution in [0.4, 0.5) is 4.39 Å². The first-order valence-corrected chi connectivity index (χ1v) is 6.52. The molecule has 20 heavy (non-hydrogen) atoms. The number of nitrogens with zero attached hydrogens (tertiary/aromatic N) is 1. The molecule has 1 N–H and O–H groups in total. The van der Waals surface area contributed by atoms with E-state index in [0.717, 1.165) is 22.5 Å². The Labute approximate surface area is 117 Å². The Bertz CT molecular complexity index is 742. The Balaban J connectivity index is 1.99. The maximum atomic E-state index is 12.9. The number of halogens is 1. The lowest BCUT2D eigenvalue weighted by molar-refractivity contribution is 0.628. The van der Waals surface area contributed by atoms with Gasteiger partial charge in [-0.3, -0.25) is 5.10 Å². The second-order valence-electron chi connectivity index (χ2n) is 4.99. The maximum absolute atomic E-state index is 12.9. The summed E-state index contributed by atoms with van der Waals surface area (Å²) in [5.41, 5.74) is 6.28. The van der Waals surface area contributed by atoms with Gasteiger partial charge < -0.3 is 0 Å². The number of H-pyrrole nitrogens is 1. The fourth-order valence-corrected chi connectivity index (χ4v) is 2.34. The molecule has 0 saturated carbocycles. The monoisotopic (exact) mass is 266 g/mol. The number of aromatic amines is 1. The number of benzene rings is 2. The van der Waals surface area contributed by atoms with Crippen LogP contribution in [0.25, 0.3) is 22.5 Å². The van der Waals surface area contributed by atoms with Crippen molar-refractivity contribution in [3.63, 3.8) is 0 Å². The topological polar surface area (TPSA) is 28.7 Å². The molecule has 0 aliphatic carbocycles. The minimum absolute atomic E-state index is 0.237. The molecular weight excluding hydrogens is 251 g/mol. The van der Waals surface area contributed by atoms with Crippen LogP contribution >= 0.6 is 0 Å². The molecule has 1 aromatic heterocycles. The first-order valence-electron chi connectivity index (χ1n) is 6.52. The van der Waals surface area contributed by atoms with Crippen molar-refractivity contribution < 1.29 is 4.39 Å². The van der Waals surface area contributed by atoms with E-state index >= 15 is 0 Å². The first-order chi connectivity index (χ1) is 9.63. The van der Waals surface area contributed by atoms with Crippen molar-refractivity contribution in [2.45, 2.75) is 13.8 Å². The van der Waals surface area contributed by atoms with E-state index < -0.39 is 0 Å². The molecule has 3 heteroatoms. The molecule has 0 atom stereocenters. The Hall–Kier alpha value is -2.42. The lowest BCUT2D eigenvalue weighted by atomic mass is 10.0. The highest BCUT2D eigenvalue weighted by Crippen LogP contribution is 2.26. The lowest BCUT2D eigenvalue weighted by Gasteiger charge is -2.03. The van der Waals surface area contributed by atoms with Crippen LogP contribution in [0.5, 0.6) is 0 Å². The smallest absolute Gasteiger partial charge is 0.123 e. The van der Waals surface area contributed by atoms with Crippen molar-refractivity contribution in [3.05, 3.63) is 65.5 Å². The molecule has 2 aromatic carbocycles. The zero-order valence-electron chi connectivity index (χ0n) is 11.4. The summed E-state index contributed by atoms with van der Waals surface area (Å²) in [7, 11) is 0. The number of aryl methyl sites for hydroxylation is 2. The van der Waals surface area contributed by atoms with Gasteiger partial charge in [-0.25, -0.2) is 4.39 Å². The minimum Gasteiger partial charge on any atom is -0.277 e. The fraction of sp³-hybridized carbons (Fsp3) is 0.118. The number of aromatic nitrogens is 2. The van der Waals surface area contributed by atoms with Crippen LogP contribution in [0.3, 0.4) is 0 Å². The van der Waals surface area contributed by atoms with Gasteiger partial charge in [-0.2, -0.15) is 5.10 Å². The van der Waals surface area contributed by atoms with Gasteiger partial charge in [0, 0.05) is 11.1 Å². The summed E-state index contributed by atoms with van der Waals surface area (Å²) >= 11 is 0. The van der Waals surface area contributed by atoms with Crippen LogP contribution in [-0.2, 0) is 0 Å². The van der Waals surface area contributed by atoms with Gasteiger partial charge in [-0.15, -0.1) is 0 Å². The summed E-state index contributed by atoms with van der Waals surface area (Å²) in [6, 6.07) is 14.7. The molecule has 0 unspecified atom stereocenters. The molecule has 0 fully saturated rings. The Morgan fingerprint density at radius 2 is 1.70 bits per heavy atom. The van der Waals surface area contributed by atoms with Gasteiger partial charge in [0.1, 0.15) is 5.82 Å². The number of rotatable bonds is 2. The van der Waals surface area contributed by atoms with Gasteiger partial charge in [-0.1, -0.05) is 23.8 Å². The Morgan fingerprint density at radius 3 is 2.40 bits per heavy atom. The second-order valence-corrected chi connectivity index (χ2v) is 4.99. The third-order valence-electron chi connectivity index (χ3n) is 3.39. The molecule has 3 rings (SSSR count). The SMILES string of the molecule is Cc1ccc(-c2cc(-c3ccc(F)cc3)n[nH]2)c(C)c1. The van der Waals surface area contributed by atoms with Gasteiger partial charge in [0.05, 0.1) is 11.4 Å². The van der Waals surface area contributed by atoms with Crippen LogP contribution < -0.4 is 0 Å². The van der Waals surface area contributed by atoms with E-state index in [-0.39, 0.29) is 5.82 Å². The van der Waals surface area contributed by atoms with Crippen LogP contribution in [0, 0.1) is 19.7 Å². The van der Waals surface area contributed by atoms with Crippen LogP contribution in [0.1, 0.15) is 11.1 Å². The van der Waals surface area contributed by atoms with Crippen LogP contribution in [0.2, 0.25) is 0 Å². The van der Waals surface area contributed by atoms with E-state index in [2.05, 4.69) is 42.2 Å². The maximum Gasteiger partial charge on any atom is 0.123 e. The molecule has 0 amide bonds. The van der Waals surface area contributed by atoms with Gasteiger partial charge >= 0.3 is 0 Å². The average Bonchev–Trinajstić information content (AvgIpc) is 2.89. The van der Waals surface area contributed by atoms with E-state index in [9.17, 15) is 4.39 Å². The zero-order valence-corrected chi connectivity index (χ0v) is 11.4. The van der Waals surface area contributed by atoms with Crippen molar-refractivity contribution >= 4 is 0 Å². The van der Waals surface area contributed by atoms with E-state index in [0.29, 0.717) is 0 Å². The van der Waals surface area contributed by atoms with Gasteiger partial charge in [-0.05, 0) is 49.7 Å². The largest absolute Gasteiger partial charge is 0.277 e. The quantitative estimate of drug-likeness (QED) is 0.727. The molecule has 0 bridgehead atoms. The molecular formula is C17H15FN2. The first kappa shape index (κ1) is 12.6. The van der Waals surface area contributed by atoms with Crippen molar-refractivity contribution in [2.75, 3.05) is 0 Å². The fourth-order valence-electron chi connectivity index (χ4n) is 2.34. The zero-order chi connectivity index (χ0) is 14.1. The average molecular weight is 266 g/mol. The summed E-state index contributed by atoms with van der Waals surface area (Å²) in [6.07, 6.45) is 0. The van der Waals surface area contributed by atoms with Crippen molar-refractivity contribution in [1.29, 1.82) is 0 Å². The highest BCUT2D eigenvalue weighted by molar-refractivity contribution is 5.70. The Morgan fingerprint density at radius 1 is 0.950 bits per heavy atom. The summed E-state index contributed by atoms with van der Waals surface area (Å²) < 4.78 is 12.9. The van der Waals surface area contributed by atoms with E-state index in [1.807, 2.05) is 6.07 Å². The third kappa shape index (κ3) is 2.35. The minimum atomic E-state index is -0.237. The van der Waals surface area contributed by atoms with Gasteiger partial charge in [0.2, 0.25) is 0 Å². The molecule has 100 valence electrons. The van der Waals surface area contributed by atoms with Crippen molar-refractivity contribution in [2.24, 2.45) is 0 Å². The molecule has 0 aliphatic rings. The standard InChI is InChI=1S/C17H15FN2/c1-11-3-8-15(12(2)9-11)17-10-16(19-20-17)13-4-6-14(18)7-5-13/h3-10H,1-2H3,(H,19,20). The molecule has 1 heterocycles. The summed E-state index contributed by atoms with van der Waals surface area (Å²) in [5.74, 6) is -0.237. The summed E-state index contributed by atoms with van der Waals surface area (Å²) in [5, 5.41) is 7.36. The molecule has 2 nitrogen and oxygen atoms in total. The van der Waals surface area contributed by atoms with E-state index in [1.165, 1.54) is 23.3 Å². The molecule has 0 saturated heterocycles. The van der Waals surface area contributed by atoms with Crippen LogP contribution in [0.15, 0.2) is 48.5 Å². The third-order valence-corrected chi connectivity index (χ3v) is 3.39. The molecule has 0 radical (unpaired) electrons. The summed E-state index contributed by atoms with van der Waals surface area (Å²) in [4.78, 5) is 0. The van der Waals surface area contributed by atoms with E-state index in [4.69, 9.17) is 0 Å². The van der Waals surface area contributed by atoms with Crippen molar-refractivity contribution in [3.8, 4) is 22.5 Å². The predicted molar refractivity (Wildman–Crippen MR) is 78.9 cm³/mol. The number of hydrogen-bond acceptors (Lipinski definition) is 1. The molecule has 0 aliphatic heterocycles. The molecule has 0 spiro atoms. The van der Waals surface area contributed by atoms with Crippen LogP contribution in [-0.4, -0.2) is 10.2 Å². The predicted octanol–water partition coefficient (Wildman–Crippen LogP) is 4.50. The lowest BCUT2D eigenvalue weighted by Crippen LogP contribution is -1.84. The van der Waals surface area contributed by atoms with E-state index in [1.54, 1.807) is 12.1 Å². The van der Waals surface area contributed by atoms with Gasteiger partial charge in [0.15, 0.2) is 0 Å². The van der Waals surface area contributed by atoms with Crippen molar-refractivity contribution in [1.82, 2.24) is 10.2 Å². The molecule has 3 aromatic rings. The summed E-state index contributed by atoms with van der Waals surface area (Å²) in [6.45, 7) is 4.16.